The van der Waals surface area contributed by atoms with Crippen LogP contribution in [0.5, 0.6) is 0 Å². The van der Waals surface area contributed by atoms with Gasteiger partial charge in [0.05, 0.1) is 5.60 Å². The summed E-state index contributed by atoms with van der Waals surface area (Å²) < 4.78 is 14.0. The molecule has 0 fully saturated rings. The molecule has 1 unspecified atom stereocenters. The van der Waals surface area contributed by atoms with E-state index >= 15 is 0 Å². The van der Waals surface area contributed by atoms with Gasteiger partial charge < -0.3 is 5.11 Å². The maximum atomic E-state index is 13.3. The average molecular weight is 344 g/mol. The monoisotopic (exact) mass is 342 g/mol. The fourth-order valence-corrected chi connectivity index (χ4v) is 2.96. The van der Waals surface area contributed by atoms with E-state index in [0.717, 1.165) is 0 Å². The van der Waals surface area contributed by atoms with E-state index in [1.54, 1.807) is 31.2 Å². The van der Waals surface area contributed by atoms with Gasteiger partial charge in [-0.1, -0.05) is 45.7 Å². The maximum Gasteiger partial charge on any atom is 0.124 e. The van der Waals surface area contributed by atoms with Gasteiger partial charge in [-0.05, 0) is 36.8 Å². The normalized spacial score (nSPS) is 14.2. The van der Waals surface area contributed by atoms with Crippen LogP contribution in [0.2, 0.25) is 5.02 Å². The van der Waals surface area contributed by atoms with Crippen molar-refractivity contribution in [1.29, 1.82) is 0 Å². The summed E-state index contributed by atoms with van der Waals surface area (Å²) in [5.41, 5.74) is 0.194. The number of rotatable bonds is 3. The van der Waals surface area contributed by atoms with Crippen molar-refractivity contribution in [1.82, 2.24) is 0 Å². The van der Waals surface area contributed by atoms with Gasteiger partial charge in [-0.25, -0.2) is 4.39 Å². The summed E-state index contributed by atoms with van der Waals surface area (Å²) in [6.45, 7) is 1.67. The van der Waals surface area contributed by atoms with Gasteiger partial charge in [-0.2, -0.15) is 0 Å². The topological polar surface area (TPSA) is 20.2 Å². The van der Waals surface area contributed by atoms with E-state index in [1.165, 1.54) is 12.1 Å². The fourth-order valence-electron chi connectivity index (χ4n) is 2.10. The molecule has 0 spiro atoms. The summed E-state index contributed by atoms with van der Waals surface area (Å²) in [5.74, 6) is -0.334. The minimum absolute atomic E-state index is 0.285. The predicted octanol–water partition coefficient (Wildman–Crippen LogP) is 4.69. The van der Waals surface area contributed by atoms with Crippen molar-refractivity contribution in [2.75, 3.05) is 0 Å². The second-order valence-electron chi connectivity index (χ2n) is 4.71. The molecule has 0 amide bonds. The molecule has 0 radical (unpaired) electrons. The summed E-state index contributed by atoms with van der Waals surface area (Å²) in [4.78, 5) is 0. The van der Waals surface area contributed by atoms with Crippen LogP contribution in [0, 0.1) is 5.82 Å². The van der Waals surface area contributed by atoms with Crippen molar-refractivity contribution in [3.63, 3.8) is 0 Å². The fraction of sp³-hybridized carbons (Fsp3) is 0.200. The molecule has 100 valence electrons. The zero-order valence-corrected chi connectivity index (χ0v) is 12.7. The Labute approximate surface area is 125 Å². The number of halogens is 3. The van der Waals surface area contributed by atoms with Gasteiger partial charge in [0, 0.05) is 21.5 Å². The Balaban J connectivity index is 2.33. The minimum atomic E-state index is -1.15. The van der Waals surface area contributed by atoms with E-state index in [-0.39, 0.29) is 12.2 Å². The van der Waals surface area contributed by atoms with Crippen LogP contribution in [0.3, 0.4) is 0 Å². The third-order valence-corrected chi connectivity index (χ3v) is 3.71. The summed E-state index contributed by atoms with van der Waals surface area (Å²) in [5, 5.41) is 11.1. The Bertz CT molecular complexity index is 578. The largest absolute Gasteiger partial charge is 0.385 e. The van der Waals surface area contributed by atoms with E-state index in [0.29, 0.717) is 20.6 Å². The van der Waals surface area contributed by atoms with Gasteiger partial charge in [-0.15, -0.1) is 0 Å². The molecule has 2 aromatic rings. The summed E-state index contributed by atoms with van der Waals surface area (Å²) in [7, 11) is 0. The van der Waals surface area contributed by atoms with E-state index in [4.69, 9.17) is 11.6 Å². The molecule has 0 aliphatic rings. The zero-order valence-electron chi connectivity index (χ0n) is 10.3. The number of benzene rings is 2. The first-order chi connectivity index (χ1) is 8.88. The predicted molar refractivity (Wildman–Crippen MR) is 78.8 cm³/mol. The van der Waals surface area contributed by atoms with Crippen LogP contribution in [0.25, 0.3) is 0 Å². The molecule has 2 aromatic carbocycles. The molecule has 2 rings (SSSR count). The third-order valence-electron chi connectivity index (χ3n) is 2.92. The van der Waals surface area contributed by atoms with Crippen molar-refractivity contribution < 1.29 is 9.50 Å². The lowest BCUT2D eigenvalue weighted by Crippen LogP contribution is -2.24. The Morgan fingerprint density at radius 1 is 1.26 bits per heavy atom. The Kier molecular flexibility index (Phi) is 4.29. The lowest BCUT2D eigenvalue weighted by atomic mass is 9.89. The molecule has 19 heavy (non-hydrogen) atoms. The Hall–Kier alpha value is -0.900. The third kappa shape index (κ3) is 3.56. The lowest BCUT2D eigenvalue weighted by Gasteiger charge is -2.25. The van der Waals surface area contributed by atoms with E-state index in [9.17, 15) is 9.50 Å². The first kappa shape index (κ1) is 14.5. The van der Waals surface area contributed by atoms with Gasteiger partial charge in [0.2, 0.25) is 0 Å². The van der Waals surface area contributed by atoms with Gasteiger partial charge in [0.25, 0.3) is 0 Å². The molecule has 0 saturated carbocycles. The second kappa shape index (κ2) is 5.61. The highest BCUT2D eigenvalue weighted by Gasteiger charge is 2.26. The molecular weight excluding hydrogens is 331 g/mol. The highest BCUT2D eigenvalue weighted by molar-refractivity contribution is 9.10. The molecule has 1 atom stereocenters. The number of hydrogen-bond donors (Lipinski definition) is 1. The van der Waals surface area contributed by atoms with Crippen molar-refractivity contribution >= 4 is 27.5 Å². The molecule has 0 aliphatic heterocycles. The maximum absolute atomic E-state index is 13.3. The quantitative estimate of drug-likeness (QED) is 0.857. The minimum Gasteiger partial charge on any atom is -0.385 e. The van der Waals surface area contributed by atoms with Crippen LogP contribution in [-0.2, 0) is 12.0 Å². The van der Waals surface area contributed by atoms with E-state index in [1.807, 2.05) is 6.07 Å². The highest BCUT2D eigenvalue weighted by Crippen LogP contribution is 2.31. The van der Waals surface area contributed by atoms with E-state index < -0.39 is 5.60 Å². The van der Waals surface area contributed by atoms with Crippen molar-refractivity contribution in [2.24, 2.45) is 0 Å². The molecule has 0 heterocycles. The average Bonchev–Trinajstić information content (AvgIpc) is 2.26. The van der Waals surface area contributed by atoms with Crippen LogP contribution < -0.4 is 0 Å². The molecule has 0 saturated heterocycles. The van der Waals surface area contributed by atoms with Gasteiger partial charge in [-0.3, -0.25) is 0 Å². The SMILES string of the molecule is CC(O)(Cc1cc(F)cc(Br)c1)c1ccccc1Cl. The highest BCUT2D eigenvalue weighted by atomic mass is 79.9. The molecule has 0 aliphatic carbocycles. The van der Waals surface area contributed by atoms with Crippen LogP contribution in [0.4, 0.5) is 4.39 Å². The van der Waals surface area contributed by atoms with Crippen LogP contribution >= 0.6 is 27.5 Å². The van der Waals surface area contributed by atoms with Crippen molar-refractivity contribution in [2.45, 2.75) is 18.9 Å². The standard InChI is InChI=1S/C15H13BrClFO/c1-15(19,13-4-2-3-5-14(13)17)9-10-6-11(16)8-12(18)7-10/h2-8,19H,9H2,1H3. The Morgan fingerprint density at radius 2 is 1.95 bits per heavy atom. The lowest BCUT2D eigenvalue weighted by molar-refractivity contribution is 0.0577. The van der Waals surface area contributed by atoms with Gasteiger partial charge in [0.1, 0.15) is 5.82 Å². The summed E-state index contributed by atoms with van der Waals surface area (Å²) in [6.07, 6.45) is 0.285. The Morgan fingerprint density at radius 3 is 2.58 bits per heavy atom. The molecule has 0 aromatic heterocycles. The molecule has 4 heteroatoms. The molecule has 1 N–H and O–H groups in total. The molecular formula is C15H13BrClFO. The molecule has 0 bridgehead atoms. The van der Waals surface area contributed by atoms with Gasteiger partial charge >= 0.3 is 0 Å². The van der Waals surface area contributed by atoms with Crippen molar-refractivity contribution in [3.05, 3.63) is 68.9 Å². The smallest absolute Gasteiger partial charge is 0.124 e. The van der Waals surface area contributed by atoms with Crippen LogP contribution in [-0.4, -0.2) is 5.11 Å². The zero-order chi connectivity index (χ0) is 14.0. The summed E-state index contributed by atoms with van der Waals surface area (Å²) >= 11 is 9.34. The van der Waals surface area contributed by atoms with Crippen LogP contribution in [0.1, 0.15) is 18.1 Å². The van der Waals surface area contributed by atoms with Crippen molar-refractivity contribution in [3.8, 4) is 0 Å². The second-order valence-corrected chi connectivity index (χ2v) is 6.03. The van der Waals surface area contributed by atoms with E-state index in [2.05, 4.69) is 15.9 Å². The first-order valence-corrected chi connectivity index (χ1v) is 6.98. The summed E-state index contributed by atoms with van der Waals surface area (Å²) in [6, 6.07) is 11.7. The van der Waals surface area contributed by atoms with Gasteiger partial charge in [0.15, 0.2) is 0 Å². The van der Waals surface area contributed by atoms with Crippen LogP contribution in [0.15, 0.2) is 46.9 Å². The molecule has 1 nitrogen and oxygen atoms in total. The first-order valence-electron chi connectivity index (χ1n) is 5.81. The number of aliphatic hydroxyl groups is 1. The number of hydrogen-bond acceptors (Lipinski definition) is 1.